The Labute approximate surface area is 331 Å². The SMILES string of the molecule is CC(C)C(N)C(=O)C1(C(=O)NC(C(=O)N2CCCC2N(C=O)C(CC(=O)c2ccc3nnc(C(F)(F)F)n3c2)Cc2cc(F)c(F)cc2F)C(C)C)CCCC1.Cl. The van der Waals surface area contributed by atoms with Crippen LogP contribution >= 0.6 is 12.4 Å². The topological polar surface area (TPSA) is 160 Å². The van der Waals surface area contributed by atoms with Gasteiger partial charge in [0.2, 0.25) is 24.0 Å². The molecule has 2 fully saturated rings. The molecule has 57 heavy (non-hydrogen) atoms. The largest absolute Gasteiger partial charge is 0.452 e. The van der Waals surface area contributed by atoms with Gasteiger partial charge in [0.05, 0.1) is 6.04 Å². The highest BCUT2D eigenvalue weighted by atomic mass is 35.5. The van der Waals surface area contributed by atoms with Crippen LogP contribution in [0.4, 0.5) is 26.3 Å². The number of benzene rings is 1. The molecule has 1 aliphatic carbocycles. The number of halogens is 7. The molecule has 12 nitrogen and oxygen atoms in total. The van der Waals surface area contributed by atoms with Gasteiger partial charge in [-0.1, -0.05) is 40.5 Å². The fourth-order valence-corrected chi connectivity index (χ4v) is 7.71. The van der Waals surface area contributed by atoms with Crippen LogP contribution in [0, 0.1) is 34.7 Å². The van der Waals surface area contributed by atoms with E-state index in [1.54, 1.807) is 27.7 Å². The van der Waals surface area contributed by atoms with Crippen LogP contribution < -0.4 is 11.1 Å². The van der Waals surface area contributed by atoms with Gasteiger partial charge in [-0.15, -0.1) is 22.6 Å². The molecular formula is C38H46ClF6N7O5. The molecule has 1 aromatic carbocycles. The van der Waals surface area contributed by atoms with E-state index in [-0.39, 0.29) is 55.3 Å². The Kier molecular flexibility index (Phi) is 14.2. The van der Waals surface area contributed by atoms with Crippen molar-refractivity contribution in [1.82, 2.24) is 29.7 Å². The second-order valence-corrected chi connectivity index (χ2v) is 15.3. The lowest BCUT2D eigenvalue weighted by molar-refractivity contribution is -0.149. The van der Waals surface area contributed by atoms with Crippen molar-refractivity contribution in [3.05, 3.63) is 64.9 Å². The van der Waals surface area contributed by atoms with Gasteiger partial charge in [0, 0.05) is 36.8 Å². The van der Waals surface area contributed by atoms with Gasteiger partial charge in [0.25, 0.3) is 0 Å². The molecule has 3 aromatic rings. The van der Waals surface area contributed by atoms with Crippen molar-refractivity contribution in [2.75, 3.05) is 6.54 Å². The maximum Gasteiger partial charge on any atom is 0.452 e. The highest BCUT2D eigenvalue weighted by molar-refractivity contribution is 6.09. The van der Waals surface area contributed by atoms with Crippen molar-refractivity contribution in [2.45, 2.75) is 110 Å². The average Bonchev–Trinajstić information content (AvgIpc) is 3.92. The molecule has 0 bridgehead atoms. The molecule has 1 saturated carbocycles. The van der Waals surface area contributed by atoms with Crippen molar-refractivity contribution in [2.24, 2.45) is 23.0 Å². The van der Waals surface area contributed by atoms with E-state index in [1.807, 2.05) is 0 Å². The second-order valence-electron chi connectivity index (χ2n) is 15.3. The second kappa shape index (κ2) is 17.9. The summed E-state index contributed by atoms with van der Waals surface area (Å²) >= 11 is 0. The molecule has 3 amide bonds. The first kappa shape index (κ1) is 45.1. The van der Waals surface area contributed by atoms with Crippen molar-refractivity contribution in [1.29, 1.82) is 0 Å². The van der Waals surface area contributed by atoms with Crippen molar-refractivity contribution >= 4 is 47.8 Å². The number of carbonyl (C=O) groups is 5. The van der Waals surface area contributed by atoms with Crippen LogP contribution in [0.25, 0.3) is 5.65 Å². The Balaban J connectivity index is 0.00000720. The number of rotatable bonds is 15. The molecule has 2 aliphatic rings. The normalized spacial score (nSPS) is 18.3. The van der Waals surface area contributed by atoms with Crippen LogP contribution in [-0.4, -0.2) is 85.0 Å². The van der Waals surface area contributed by atoms with Gasteiger partial charge in [-0.25, -0.2) is 13.2 Å². The zero-order chi connectivity index (χ0) is 41.3. The predicted octanol–water partition coefficient (Wildman–Crippen LogP) is 5.43. The molecule has 1 aliphatic heterocycles. The maximum atomic E-state index is 15.1. The number of amides is 3. The zero-order valence-electron chi connectivity index (χ0n) is 31.8. The molecule has 3 N–H and O–H groups in total. The summed E-state index contributed by atoms with van der Waals surface area (Å²) in [5, 5.41) is 9.43. The Morgan fingerprint density at radius 2 is 1.63 bits per heavy atom. The van der Waals surface area contributed by atoms with E-state index in [0.717, 1.165) is 17.2 Å². The highest BCUT2D eigenvalue weighted by Gasteiger charge is 2.51. The van der Waals surface area contributed by atoms with Crippen LogP contribution in [0.5, 0.6) is 0 Å². The molecule has 19 heteroatoms. The maximum absolute atomic E-state index is 15.1. The first-order chi connectivity index (χ1) is 26.3. The number of likely N-dealkylation sites (tertiary alicyclic amines) is 1. The number of hydrogen-bond donors (Lipinski definition) is 2. The zero-order valence-corrected chi connectivity index (χ0v) is 32.6. The monoisotopic (exact) mass is 829 g/mol. The number of aromatic nitrogens is 3. The number of nitrogens with one attached hydrogen (secondary N) is 1. The number of alkyl halides is 3. The number of nitrogens with two attached hydrogens (primary N) is 1. The fourth-order valence-electron chi connectivity index (χ4n) is 7.71. The molecule has 0 radical (unpaired) electrons. The number of Topliss-reactive ketones (excluding diaryl/α,β-unsaturated/α-hetero) is 2. The van der Waals surface area contributed by atoms with Crippen molar-refractivity contribution in [3.63, 3.8) is 0 Å². The van der Waals surface area contributed by atoms with E-state index in [9.17, 15) is 45.9 Å². The molecule has 1 saturated heterocycles. The lowest BCUT2D eigenvalue weighted by Gasteiger charge is -2.40. The van der Waals surface area contributed by atoms with E-state index in [0.29, 0.717) is 42.2 Å². The Morgan fingerprint density at radius 3 is 2.23 bits per heavy atom. The summed E-state index contributed by atoms with van der Waals surface area (Å²) in [7, 11) is 0. The lowest BCUT2D eigenvalue weighted by atomic mass is 9.75. The molecule has 0 spiro atoms. The summed E-state index contributed by atoms with van der Waals surface area (Å²) in [5.41, 5.74) is 3.93. The minimum Gasteiger partial charge on any atom is -0.343 e. The van der Waals surface area contributed by atoms with Gasteiger partial charge in [0.1, 0.15) is 23.4 Å². The summed E-state index contributed by atoms with van der Waals surface area (Å²) in [6, 6.07) is -0.180. The smallest absolute Gasteiger partial charge is 0.343 e. The first-order valence-corrected chi connectivity index (χ1v) is 18.5. The van der Waals surface area contributed by atoms with Gasteiger partial charge in [-0.3, -0.25) is 28.4 Å². The quantitative estimate of drug-likeness (QED) is 0.0675. The van der Waals surface area contributed by atoms with Crippen LogP contribution in [-0.2, 0) is 31.8 Å². The fraction of sp³-hybridized carbons (Fsp3) is 0.553. The van der Waals surface area contributed by atoms with Crippen molar-refractivity contribution < 1.29 is 50.3 Å². The summed E-state index contributed by atoms with van der Waals surface area (Å²) in [6.45, 7) is 7.03. The number of pyridine rings is 1. The molecule has 4 atom stereocenters. The van der Waals surface area contributed by atoms with E-state index < -0.39 is 107 Å². The van der Waals surface area contributed by atoms with Crippen LogP contribution in [0.15, 0.2) is 30.5 Å². The number of fused-ring (bicyclic) bond motifs is 1. The number of ketones is 2. The van der Waals surface area contributed by atoms with E-state index >= 15 is 4.39 Å². The highest BCUT2D eigenvalue weighted by Crippen LogP contribution is 2.41. The Bertz CT molecular complexity index is 1990. The standard InChI is InChI=1S/C38H45F6N7O5.ClH/c1-20(2)31(45)33(54)37(11-5-6-12-37)36(56)46-32(21(3)4)34(55)49-13-7-8-30(49)51(19-52)24(14-23-15-26(40)27(41)17-25(23)39)16-28(53)22-9-10-29-47-48-35(38(42,43)44)50(29)18-22;/h9-10,15,17-21,24,30-32H,5-8,11-14,16,45H2,1-4H3,(H,46,56);1H. The van der Waals surface area contributed by atoms with E-state index in [2.05, 4.69) is 15.5 Å². The van der Waals surface area contributed by atoms with Crippen molar-refractivity contribution in [3.8, 4) is 0 Å². The number of carbonyl (C=O) groups excluding carboxylic acids is 5. The first-order valence-electron chi connectivity index (χ1n) is 18.5. The third-order valence-corrected chi connectivity index (χ3v) is 10.9. The van der Waals surface area contributed by atoms with Gasteiger partial charge >= 0.3 is 6.18 Å². The lowest BCUT2D eigenvalue weighted by Crippen LogP contribution is -2.60. The Hall–Kier alpha value is -4.58. The molecule has 4 unspecified atom stereocenters. The summed E-state index contributed by atoms with van der Waals surface area (Å²) < 4.78 is 84.7. The molecule has 5 rings (SSSR count). The van der Waals surface area contributed by atoms with E-state index in [1.165, 1.54) is 11.0 Å². The molecule has 312 valence electrons. The van der Waals surface area contributed by atoms with E-state index in [4.69, 9.17) is 5.73 Å². The third-order valence-electron chi connectivity index (χ3n) is 10.9. The number of hydrogen-bond acceptors (Lipinski definition) is 8. The summed E-state index contributed by atoms with van der Waals surface area (Å²) in [5.74, 6) is -8.62. The van der Waals surface area contributed by atoms with Crippen LogP contribution in [0.2, 0.25) is 0 Å². The van der Waals surface area contributed by atoms with Crippen LogP contribution in [0.1, 0.15) is 94.4 Å². The predicted molar refractivity (Wildman–Crippen MR) is 196 cm³/mol. The average molecular weight is 830 g/mol. The third kappa shape index (κ3) is 9.27. The Morgan fingerprint density at radius 1 is 0.982 bits per heavy atom. The minimum absolute atomic E-state index is 0. The summed E-state index contributed by atoms with van der Waals surface area (Å²) in [6.07, 6.45) is -3.70. The minimum atomic E-state index is -4.91. The van der Waals surface area contributed by atoms with Crippen LogP contribution in [0.3, 0.4) is 0 Å². The van der Waals surface area contributed by atoms with Gasteiger partial charge in [-0.05, 0) is 67.7 Å². The number of nitrogens with zero attached hydrogens (tertiary/aromatic N) is 5. The van der Waals surface area contributed by atoms with Gasteiger partial charge in [0.15, 0.2) is 28.8 Å². The van der Waals surface area contributed by atoms with Gasteiger partial charge in [-0.2, -0.15) is 13.2 Å². The summed E-state index contributed by atoms with van der Waals surface area (Å²) in [4.78, 5) is 71.2. The molecular weight excluding hydrogens is 784 g/mol. The molecule has 2 aromatic heterocycles. The molecule has 3 heterocycles. The van der Waals surface area contributed by atoms with Gasteiger partial charge < -0.3 is 20.9 Å².